The molecule has 3 aromatic rings. The SMILES string of the molecule is CCCCCCCCOc1ccccc1C(=O)O.CCCCOCC(F)(F)C(F)(F)C(F)(F)COc1ccc2cc(O)ccc2c1. The Morgan fingerprint density at radius 2 is 1.30 bits per heavy atom. The van der Waals surface area contributed by atoms with Crippen LogP contribution in [-0.2, 0) is 4.74 Å². The van der Waals surface area contributed by atoms with Crippen molar-refractivity contribution in [3.8, 4) is 17.2 Å². The number of para-hydroxylation sites is 1. The maximum Gasteiger partial charge on any atom is 0.377 e. The van der Waals surface area contributed by atoms with Gasteiger partial charge in [-0.2, -0.15) is 26.3 Å². The molecule has 0 spiro atoms. The van der Waals surface area contributed by atoms with Gasteiger partial charge in [-0.15, -0.1) is 0 Å². The van der Waals surface area contributed by atoms with Gasteiger partial charge in [-0.3, -0.25) is 0 Å². The van der Waals surface area contributed by atoms with Crippen LogP contribution in [0.5, 0.6) is 17.2 Å². The highest BCUT2D eigenvalue weighted by atomic mass is 19.3. The summed E-state index contributed by atoms with van der Waals surface area (Å²) < 4.78 is 97.3. The van der Waals surface area contributed by atoms with Crippen molar-refractivity contribution < 1.29 is 55.6 Å². The number of ether oxygens (including phenoxy) is 3. The van der Waals surface area contributed by atoms with E-state index in [2.05, 4.69) is 16.4 Å². The fourth-order valence-corrected chi connectivity index (χ4v) is 4.20. The summed E-state index contributed by atoms with van der Waals surface area (Å²) in [7, 11) is 0. The van der Waals surface area contributed by atoms with Crippen LogP contribution >= 0.6 is 0 Å². The Bertz CT molecular complexity index is 1350. The molecule has 256 valence electrons. The third-order valence-corrected chi connectivity index (χ3v) is 6.93. The number of aromatic carboxylic acids is 1. The monoisotopic (exact) mass is 660 g/mol. The fourth-order valence-electron chi connectivity index (χ4n) is 4.20. The zero-order chi connectivity index (χ0) is 34.2. The minimum absolute atomic E-state index is 0.0178. The lowest BCUT2D eigenvalue weighted by molar-refractivity contribution is -0.324. The molecule has 0 aliphatic heterocycles. The summed E-state index contributed by atoms with van der Waals surface area (Å²) in [4.78, 5) is 10.9. The summed E-state index contributed by atoms with van der Waals surface area (Å²) in [5.41, 5.74) is 0.239. The summed E-state index contributed by atoms with van der Waals surface area (Å²) >= 11 is 0. The number of hydrogen-bond donors (Lipinski definition) is 2. The molecule has 3 aromatic carbocycles. The summed E-state index contributed by atoms with van der Waals surface area (Å²) in [5.74, 6) is -16.5. The van der Waals surface area contributed by atoms with E-state index in [-0.39, 0.29) is 23.7 Å². The second kappa shape index (κ2) is 18.5. The van der Waals surface area contributed by atoms with Crippen LogP contribution in [-0.4, -0.2) is 60.4 Å². The minimum Gasteiger partial charge on any atom is -0.508 e. The van der Waals surface area contributed by atoms with Crippen molar-refractivity contribution in [2.75, 3.05) is 26.4 Å². The highest BCUT2D eigenvalue weighted by Gasteiger charge is 2.71. The van der Waals surface area contributed by atoms with E-state index in [1.54, 1.807) is 31.2 Å². The van der Waals surface area contributed by atoms with Gasteiger partial charge in [0, 0.05) is 6.61 Å². The van der Waals surface area contributed by atoms with Crippen molar-refractivity contribution in [2.24, 2.45) is 0 Å². The molecule has 46 heavy (non-hydrogen) atoms. The predicted octanol–water partition coefficient (Wildman–Crippen LogP) is 9.77. The summed E-state index contributed by atoms with van der Waals surface area (Å²) in [6, 6.07) is 14.9. The number of rotatable bonds is 19. The van der Waals surface area contributed by atoms with Crippen LogP contribution in [0.1, 0.15) is 75.6 Å². The largest absolute Gasteiger partial charge is 0.508 e. The van der Waals surface area contributed by atoms with Crippen LogP contribution in [0.25, 0.3) is 10.8 Å². The molecule has 0 bridgehead atoms. The first-order chi connectivity index (χ1) is 21.8. The Morgan fingerprint density at radius 3 is 2.00 bits per heavy atom. The standard InChI is InChI=1S/C19H20F6O3.C15H22O3/c1-2-3-8-27-11-17(20,21)19(24,25)18(22,23)12-28-16-7-5-13-9-15(26)6-4-14(13)10-16;1-2-3-4-5-6-9-12-18-14-11-8-7-10-13(14)15(16)17/h4-7,9-10,26H,2-3,8,11-12H2,1H3;7-8,10-11H,2-6,9,12H2,1H3,(H,16,17). The Kier molecular flexibility index (Phi) is 15.5. The van der Waals surface area contributed by atoms with Crippen LogP contribution in [0.15, 0.2) is 60.7 Å². The first-order valence-corrected chi connectivity index (χ1v) is 15.3. The molecule has 0 saturated carbocycles. The average Bonchev–Trinajstić information content (AvgIpc) is 3.02. The molecule has 0 aliphatic rings. The van der Waals surface area contributed by atoms with Crippen molar-refractivity contribution in [2.45, 2.75) is 83.0 Å². The number of phenols is 1. The molecule has 0 atom stereocenters. The van der Waals surface area contributed by atoms with Gasteiger partial charge in [0.05, 0.1) is 6.61 Å². The van der Waals surface area contributed by atoms with Gasteiger partial charge >= 0.3 is 23.7 Å². The normalized spacial score (nSPS) is 12.0. The topological polar surface area (TPSA) is 85.2 Å². The van der Waals surface area contributed by atoms with E-state index in [9.17, 15) is 36.2 Å². The minimum atomic E-state index is -5.66. The number of alkyl halides is 6. The van der Waals surface area contributed by atoms with Crippen LogP contribution < -0.4 is 9.47 Å². The summed E-state index contributed by atoms with van der Waals surface area (Å²) in [5, 5.41) is 19.4. The smallest absolute Gasteiger partial charge is 0.377 e. The van der Waals surface area contributed by atoms with Gasteiger partial charge in [0.1, 0.15) is 29.4 Å². The molecule has 6 nitrogen and oxygen atoms in total. The Balaban J connectivity index is 0.000000353. The molecule has 0 amide bonds. The molecule has 0 fully saturated rings. The number of phenolic OH excluding ortho intramolecular Hbond substituents is 1. The van der Waals surface area contributed by atoms with E-state index in [1.165, 1.54) is 62.1 Å². The van der Waals surface area contributed by atoms with E-state index in [4.69, 9.17) is 9.84 Å². The van der Waals surface area contributed by atoms with Gasteiger partial charge in [0.2, 0.25) is 0 Å². The molecule has 12 heteroatoms. The van der Waals surface area contributed by atoms with E-state index < -0.39 is 37.0 Å². The highest BCUT2D eigenvalue weighted by molar-refractivity contribution is 5.90. The van der Waals surface area contributed by atoms with Crippen molar-refractivity contribution >= 4 is 16.7 Å². The van der Waals surface area contributed by atoms with Crippen LogP contribution in [0.2, 0.25) is 0 Å². The lowest BCUT2D eigenvalue weighted by Crippen LogP contribution is -2.58. The molecule has 2 N–H and O–H groups in total. The van der Waals surface area contributed by atoms with Gasteiger partial charge in [0.25, 0.3) is 0 Å². The number of carboxylic acids is 1. The number of carboxylic acid groups (broad SMARTS) is 1. The van der Waals surface area contributed by atoms with Gasteiger partial charge in [-0.25, -0.2) is 4.79 Å². The van der Waals surface area contributed by atoms with E-state index in [1.807, 2.05) is 0 Å². The first kappa shape index (κ1) is 38.5. The average molecular weight is 661 g/mol. The van der Waals surface area contributed by atoms with Crippen LogP contribution in [0.3, 0.4) is 0 Å². The molecule has 0 heterocycles. The lowest BCUT2D eigenvalue weighted by atomic mass is 10.1. The molecule has 3 rings (SSSR count). The van der Waals surface area contributed by atoms with E-state index in [0.29, 0.717) is 36.0 Å². The summed E-state index contributed by atoms with van der Waals surface area (Å²) in [6.45, 7) is 0.555. The van der Waals surface area contributed by atoms with Crippen LogP contribution in [0, 0.1) is 0 Å². The van der Waals surface area contributed by atoms with Gasteiger partial charge < -0.3 is 24.4 Å². The highest BCUT2D eigenvalue weighted by Crippen LogP contribution is 2.46. The van der Waals surface area contributed by atoms with Gasteiger partial charge in [-0.05, 0) is 60.0 Å². The number of fused-ring (bicyclic) bond motifs is 1. The molecule has 0 aromatic heterocycles. The molecule has 0 aliphatic carbocycles. The second-order valence-corrected chi connectivity index (χ2v) is 10.8. The van der Waals surface area contributed by atoms with E-state index >= 15 is 0 Å². The number of unbranched alkanes of at least 4 members (excludes halogenated alkanes) is 6. The Labute approximate surface area is 265 Å². The number of halogens is 6. The van der Waals surface area contributed by atoms with E-state index in [0.717, 1.165) is 12.8 Å². The fraction of sp³-hybridized carbons (Fsp3) is 0.500. The van der Waals surface area contributed by atoms with Gasteiger partial charge in [0.15, 0.2) is 6.61 Å². The molecular formula is C34H42F6O6. The van der Waals surface area contributed by atoms with Crippen molar-refractivity contribution in [3.05, 3.63) is 66.2 Å². The third-order valence-electron chi connectivity index (χ3n) is 6.93. The summed E-state index contributed by atoms with van der Waals surface area (Å²) in [6.07, 6.45) is 8.12. The maximum absolute atomic E-state index is 13.9. The Hall–Kier alpha value is -3.67. The van der Waals surface area contributed by atoms with Crippen molar-refractivity contribution in [3.63, 3.8) is 0 Å². The number of hydrogen-bond acceptors (Lipinski definition) is 5. The lowest BCUT2D eigenvalue weighted by Gasteiger charge is -2.32. The van der Waals surface area contributed by atoms with Crippen molar-refractivity contribution in [1.29, 1.82) is 0 Å². The molecule has 0 radical (unpaired) electrons. The van der Waals surface area contributed by atoms with Gasteiger partial charge in [-0.1, -0.05) is 76.6 Å². The predicted molar refractivity (Wildman–Crippen MR) is 164 cm³/mol. The molecule has 0 saturated heterocycles. The zero-order valence-corrected chi connectivity index (χ0v) is 26.1. The Morgan fingerprint density at radius 1 is 0.696 bits per heavy atom. The number of benzene rings is 3. The first-order valence-electron chi connectivity index (χ1n) is 15.3. The number of aromatic hydroxyl groups is 1. The number of carbonyl (C=O) groups is 1. The molecule has 0 unspecified atom stereocenters. The zero-order valence-electron chi connectivity index (χ0n) is 26.1. The van der Waals surface area contributed by atoms with Crippen LogP contribution in [0.4, 0.5) is 26.3 Å². The third kappa shape index (κ3) is 11.6. The second-order valence-electron chi connectivity index (χ2n) is 10.8. The maximum atomic E-state index is 13.9. The molecular weight excluding hydrogens is 618 g/mol. The quantitative estimate of drug-likeness (QED) is 0.0984. The van der Waals surface area contributed by atoms with Crippen molar-refractivity contribution in [1.82, 2.24) is 0 Å².